The van der Waals surface area contributed by atoms with Crippen LogP contribution in [-0.2, 0) is 19.1 Å². The Balaban J connectivity index is 4.81. The summed E-state index contributed by atoms with van der Waals surface area (Å²) in [5.41, 5.74) is 8.02. The van der Waals surface area contributed by atoms with Crippen molar-refractivity contribution in [3.8, 4) is 0 Å². The number of rotatable bonds is 5. The summed E-state index contributed by atoms with van der Waals surface area (Å²) in [5.74, 6) is -4.57. The highest BCUT2D eigenvalue weighted by Gasteiger charge is 2.41. The number of carbonyl (C=O) groups is 3. The Labute approximate surface area is 98.5 Å². The number of amides is 1. The fourth-order valence-electron chi connectivity index (χ4n) is 0.894. The maximum atomic E-state index is 11.9. The summed E-state index contributed by atoms with van der Waals surface area (Å²) in [6.45, 7) is 0. The molecule has 1 amide bonds. The van der Waals surface area contributed by atoms with E-state index >= 15 is 0 Å². The highest BCUT2D eigenvalue weighted by Crippen LogP contribution is 2.15. The molecule has 18 heavy (non-hydrogen) atoms. The van der Waals surface area contributed by atoms with Crippen molar-refractivity contribution in [1.29, 1.82) is 0 Å². The van der Waals surface area contributed by atoms with Gasteiger partial charge < -0.3 is 15.6 Å². The van der Waals surface area contributed by atoms with Crippen molar-refractivity contribution in [3.63, 3.8) is 0 Å². The monoisotopic (exact) mass is 267 g/mol. The normalized spacial score (nSPS) is 12.0. The van der Waals surface area contributed by atoms with E-state index in [2.05, 4.69) is 9.53 Å². The molecule has 10 heteroatoms. The van der Waals surface area contributed by atoms with Gasteiger partial charge in [-0.3, -0.25) is 9.59 Å². The van der Waals surface area contributed by atoms with Crippen LogP contribution in [0.1, 0.15) is 6.42 Å². The summed E-state index contributed by atoms with van der Waals surface area (Å²) < 4.78 is 40.0. The number of nitrogens with one attached hydrogen (secondary N) is 1. The second kappa shape index (κ2) is 6.50. The standard InChI is InChI=1S/C8H8F3N3O4/c1-18-6(16)5(2-4(15)3-13-12)14-7(17)8(9,10)11/h3,5H,2H2,1H3,(H,14,17)/t5-/m1/s1. The van der Waals surface area contributed by atoms with E-state index in [4.69, 9.17) is 5.53 Å². The van der Waals surface area contributed by atoms with Crippen molar-refractivity contribution in [1.82, 2.24) is 5.32 Å². The molecule has 0 rings (SSSR count). The maximum absolute atomic E-state index is 11.9. The molecule has 0 heterocycles. The Bertz CT molecular complexity index is 401. The zero-order valence-corrected chi connectivity index (χ0v) is 9.02. The van der Waals surface area contributed by atoms with Crippen LogP contribution in [0.25, 0.3) is 5.53 Å². The number of hydrogen-bond acceptors (Lipinski definition) is 4. The molecule has 0 aliphatic carbocycles. The fourth-order valence-corrected chi connectivity index (χ4v) is 0.894. The van der Waals surface area contributed by atoms with E-state index in [-0.39, 0.29) is 0 Å². The van der Waals surface area contributed by atoms with Gasteiger partial charge in [-0.1, -0.05) is 0 Å². The highest BCUT2D eigenvalue weighted by molar-refractivity contribution is 6.26. The molecule has 0 spiro atoms. The number of alkyl halides is 3. The number of Topliss-reactive ketones (excluding diaryl/α,β-unsaturated/α-hetero) is 1. The molecule has 7 nitrogen and oxygen atoms in total. The summed E-state index contributed by atoms with van der Waals surface area (Å²) >= 11 is 0. The zero-order chi connectivity index (χ0) is 14.3. The summed E-state index contributed by atoms with van der Waals surface area (Å²) in [7, 11) is 0.875. The van der Waals surface area contributed by atoms with Gasteiger partial charge in [-0.2, -0.15) is 18.0 Å². The molecule has 0 aromatic heterocycles. The summed E-state index contributed by atoms with van der Waals surface area (Å²) in [5, 5.41) is 1.29. The quantitative estimate of drug-likeness (QED) is 0.312. The van der Waals surface area contributed by atoms with Gasteiger partial charge in [0, 0.05) is 6.42 Å². The van der Waals surface area contributed by atoms with E-state index in [1.54, 1.807) is 0 Å². The first-order valence-corrected chi connectivity index (χ1v) is 4.38. The van der Waals surface area contributed by atoms with Gasteiger partial charge in [-0.15, -0.1) is 0 Å². The van der Waals surface area contributed by atoms with Crippen LogP contribution in [-0.4, -0.2) is 48.0 Å². The first kappa shape index (κ1) is 15.8. The molecule has 0 unspecified atom stereocenters. The molecular formula is C8H8F3N3O4. The van der Waals surface area contributed by atoms with Crippen LogP contribution in [0.4, 0.5) is 13.2 Å². The van der Waals surface area contributed by atoms with Gasteiger partial charge in [0.25, 0.3) is 0 Å². The topological polar surface area (TPSA) is 109 Å². The van der Waals surface area contributed by atoms with E-state index in [1.165, 1.54) is 5.32 Å². The van der Waals surface area contributed by atoms with E-state index in [0.29, 0.717) is 6.21 Å². The fraction of sp³-hybridized carbons (Fsp3) is 0.500. The Morgan fingerprint density at radius 1 is 1.44 bits per heavy atom. The van der Waals surface area contributed by atoms with Gasteiger partial charge in [0.05, 0.1) is 7.11 Å². The van der Waals surface area contributed by atoms with Crippen LogP contribution in [0, 0.1) is 0 Å². The maximum Gasteiger partial charge on any atom is 0.471 e. The molecule has 0 saturated carbocycles. The van der Waals surface area contributed by atoms with Crippen molar-refractivity contribution in [3.05, 3.63) is 5.53 Å². The average Bonchev–Trinajstić information content (AvgIpc) is 2.26. The van der Waals surface area contributed by atoms with Gasteiger partial charge >= 0.3 is 24.3 Å². The number of nitrogens with zero attached hydrogens (tertiary/aromatic N) is 2. The Morgan fingerprint density at radius 3 is 2.39 bits per heavy atom. The third kappa shape index (κ3) is 5.21. The number of ether oxygens (including phenoxy) is 1. The van der Waals surface area contributed by atoms with Gasteiger partial charge in [0.15, 0.2) is 0 Å². The van der Waals surface area contributed by atoms with Crippen LogP contribution in [0.5, 0.6) is 0 Å². The lowest BCUT2D eigenvalue weighted by Gasteiger charge is -2.15. The largest absolute Gasteiger partial charge is 0.471 e. The lowest BCUT2D eigenvalue weighted by molar-refractivity contribution is -0.175. The number of ketones is 1. The molecule has 1 atom stereocenters. The Kier molecular flexibility index (Phi) is 5.70. The van der Waals surface area contributed by atoms with Gasteiger partial charge in [-0.25, -0.2) is 4.79 Å². The smallest absolute Gasteiger partial charge is 0.467 e. The second-order valence-corrected chi connectivity index (χ2v) is 2.96. The van der Waals surface area contributed by atoms with E-state index in [9.17, 15) is 27.6 Å². The lowest BCUT2D eigenvalue weighted by Crippen LogP contribution is -2.48. The predicted molar refractivity (Wildman–Crippen MR) is 49.3 cm³/mol. The molecule has 0 saturated heterocycles. The molecule has 0 aromatic carbocycles. The predicted octanol–water partition coefficient (Wildman–Crippen LogP) is -0.534. The number of halogens is 3. The van der Waals surface area contributed by atoms with E-state index in [0.717, 1.165) is 7.11 Å². The SMILES string of the molecule is COC(=O)[C@@H](CC(=O)C=[N+]=[N-])NC(=O)C(F)(F)F. The van der Waals surface area contributed by atoms with Gasteiger partial charge in [-0.05, 0) is 0 Å². The lowest BCUT2D eigenvalue weighted by atomic mass is 10.1. The van der Waals surface area contributed by atoms with Gasteiger partial charge in [0.1, 0.15) is 6.04 Å². The second-order valence-electron chi connectivity index (χ2n) is 2.96. The number of carbonyl (C=O) groups excluding carboxylic acids is 3. The summed E-state index contributed by atoms with van der Waals surface area (Å²) in [4.78, 5) is 34.9. The summed E-state index contributed by atoms with van der Waals surface area (Å²) in [6.07, 6.45) is -5.63. The van der Waals surface area contributed by atoms with E-state index in [1.807, 2.05) is 0 Å². The van der Waals surface area contributed by atoms with Gasteiger partial charge in [0.2, 0.25) is 5.78 Å². The molecule has 0 aliphatic heterocycles. The molecule has 0 aromatic rings. The highest BCUT2D eigenvalue weighted by atomic mass is 19.4. The van der Waals surface area contributed by atoms with E-state index < -0.39 is 36.3 Å². The molecule has 0 aliphatic rings. The number of hydrogen-bond donors (Lipinski definition) is 1. The van der Waals surface area contributed by atoms with Crippen LogP contribution in [0.2, 0.25) is 0 Å². The first-order valence-electron chi connectivity index (χ1n) is 4.38. The van der Waals surface area contributed by atoms with Crippen molar-refractivity contribution in [2.24, 2.45) is 0 Å². The molecular weight excluding hydrogens is 259 g/mol. The van der Waals surface area contributed by atoms with Crippen molar-refractivity contribution < 1.29 is 37.1 Å². The Hall–Kier alpha value is -2.22. The van der Waals surface area contributed by atoms with Crippen molar-refractivity contribution in [2.75, 3.05) is 7.11 Å². The molecule has 1 N–H and O–H groups in total. The molecule has 0 bridgehead atoms. The minimum Gasteiger partial charge on any atom is -0.467 e. The van der Waals surface area contributed by atoms with Crippen LogP contribution in [0.3, 0.4) is 0 Å². The average molecular weight is 267 g/mol. The molecule has 100 valence electrons. The Morgan fingerprint density at radius 2 is 2.00 bits per heavy atom. The van der Waals surface area contributed by atoms with Crippen molar-refractivity contribution >= 4 is 23.9 Å². The zero-order valence-electron chi connectivity index (χ0n) is 9.02. The molecule has 0 fully saturated rings. The van der Waals surface area contributed by atoms with Crippen LogP contribution < -0.4 is 5.32 Å². The number of esters is 1. The van der Waals surface area contributed by atoms with Crippen molar-refractivity contribution in [2.45, 2.75) is 18.6 Å². The first-order chi connectivity index (χ1) is 8.22. The third-order valence-electron chi connectivity index (χ3n) is 1.66. The third-order valence-corrected chi connectivity index (χ3v) is 1.66. The minimum atomic E-state index is -5.19. The minimum absolute atomic E-state index is 0.385. The summed E-state index contributed by atoms with van der Waals surface area (Å²) in [6, 6.07) is -1.81. The van der Waals surface area contributed by atoms with Crippen LogP contribution >= 0.6 is 0 Å². The molecule has 0 radical (unpaired) electrons. The number of methoxy groups -OCH3 is 1. The van der Waals surface area contributed by atoms with Crippen LogP contribution in [0.15, 0.2) is 0 Å².